The quantitative estimate of drug-likeness (QED) is 0.786. The number of hydrogen-bond acceptors (Lipinski definition) is 2. The van der Waals surface area contributed by atoms with E-state index in [2.05, 4.69) is 5.43 Å². The Morgan fingerprint density at radius 3 is 2.09 bits per heavy atom. The molecule has 1 N–H and O–H groups in total. The van der Waals surface area contributed by atoms with Gasteiger partial charge in [-0.25, -0.2) is 5.01 Å². The van der Waals surface area contributed by atoms with Crippen LogP contribution >= 0.6 is 0 Å². The second-order valence-corrected chi connectivity index (χ2v) is 5.55. The fourth-order valence-electron chi connectivity index (χ4n) is 3.04. The average molecular weight is 300 g/mol. The van der Waals surface area contributed by atoms with Gasteiger partial charge < -0.3 is 0 Å². The lowest BCUT2D eigenvalue weighted by molar-refractivity contribution is -0.118. The molecule has 0 aromatic heterocycles. The molecule has 0 aliphatic carbocycles. The smallest absolute Gasteiger partial charge is 0.257 e. The lowest BCUT2D eigenvalue weighted by atomic mass is 9.93. The summed E-state index contributed by atoms with van der Waals surface area (Å²) in [6, 6.07) is 27.6. The number of anilines is 2. The van der Waals surface area contributed by atoms with Crippen LogP contribution in [0.3, 0.4) is 0 Å². The van der Waals surface area contributed by atoms with E-state index in [9.17, 15) is 4.79 Å². The maximum atomic E-state index is 13.0. The van der Waals surface area contributed by atoms with Gasteiger partial charge in [0.15, 0.2) is 0 Å². The standard InChI is InChI=1S/C20H16N2O/c23-20-19(15-9-3-1-4-10-15)17-13-7-8-14-18(17)22(20)21-16-11-5-2-6-12-16/h1-14,19,21H/t19-/m1/s1. The Labute approximate surface area is 135 Å². The summed E-state index contributed by atoms with van der Waals surface area (Å²) in [5.74, 6) is -0.218. The summed E-state index contributed by atoms with van der Waals surface area (Å²) in [5.41, 5.74) is 7.09. The van der Waals surface area contributed by atoms with Gasteiger partial charge in [0.2, 0.25) is 0 Å². The topological polar surface area (TPSA) is 32.3 Å². The van der Waals surface area contributed by atoms with Crippen molar-refractivity contribution in [3.63, 3.8) is 0 Å². The van der Waals surface area contributed by atoms with E-state index >= 15 is 0 Å². The molecule has 1 atom stereocenters. The molecule has 1 aliphatic rings. The summed E-state index contributed by atoms with van der Waals surface area (Å²) in [4.78, 5) is 13.0. The summed E-state index contributed by atoms with van der Waals surface area (Å²) >= 11 is 0. The Balaban J connectivity index is 1.76. The normalized spacial score (nSPS) is 16.3. The van der Waals surface area contributed by atoms with Gasteiger partial charge in [-0.3, -0.25) is 10.2 Å². The molecular weight excluding hydrogens is 284 g/mol. The summed E-state index contributed by atoms with van der Waals surface area (Å²) < 4.78 is 0. The van der Waals surface area contributed by atoms with Gasteiger partial charge >= 0.3 is 0 Å². The average Bonchev–Trinajstić information content (AvgIpc) is 2.89. The third-order valence-electron chi connectivity index (χ3n) is 4.10. The molecule has 23 heavy (non-hydrogen) atoms. The maximum absolute atomic E-state index is 13.0. The lowest BCUT2D eigenvalue weighted by Gasteiger charge is -2.20. The number of nitrogens with one attached hydrogen (secondary N) is 1. The number of carbonyl (C=O) groups excluding carboxylic acids is 1. The molecule has 0 radical (unpaired) electrons. The van der Waals surface area contributed by atoms with Crippen LogP contribution in [0.2, 0.25) is 0 Å². The minimum atomic E-state index is -0.261. The van der Waals surface area contributed by atoms with Crippen LogP contribution in [0.5, 0.6) is 0 Å². The van der Waals surface area contributed by atoms with Gasteiger partial charge in [0, 0.05) is 0 Å². The summed E-state index contributed by atoms with van der Waals surface area (Å²) in [7, 11) is 0. The third kappa shape index (κ3) is 2.36. The monoisotopic (exact) mass is 300 g/mol. The van der Waals surface area contributed by atoms with Gasteiger partial charge in [-0.2, -0.15) is 0 Å². The Morgan fingerprint density at radius 1 is 0.739 bits per heavy atom. The van der Waals surface area contributed by atoms with Gasteiger partial charge in [-0.05, 0) is 29.3 Å². The van der Waals surface area contributed by atoms with Crippen molar-refractivity contribution in [2.45, 2.75) is 5.92 Å². The number of nitrogens with zero attached hydrogens (tertiary/aromatic N) is 1. The van der Waals surface area contributed by atoms with Gasteiger partial charge in [0.1, 0.15) is 0 Å². The van der Waals surface area contributed by atoms with Gasteiger partial charge in [-0.1, -0.05) is 66.7 Å². The second-order valence-electron chi connectivity index (χ2n) is 5.55. The Bertz CT molecular complexity index is 831. The fourth-order valence-corrected chi connectivity index (χ4v) is 3.04. The third-order valence-corrected chi connectivity index (χ3v) is 4.10. The number of hydrogen-bond donors (Lipinski definition) is 1. The highest BCUT2D eigenvalue weighted by Crippen LogP contribution is 2.40. The molecule has 3 aromatic rings. The number of amides is 1. The van der Waals surface area contributed by atoms with Crippen LogP contribution in [0.1, 0.15) is 17.0 Å². The number of rotatable bonds is 3. The molecule has 0 bridgehead atoms. The SMILES string of the molecule is O=C1[C@H](c2ccccc2)c2ccccc2N1Nc1ccccc1. The van der Waals surface area contributed by atoms with Crippen LogP contribution in [0.4, 0.5) is 11.4 Å². The van der Waals surface area contributed by atoms with Crippen molar-refractivity contribution in [1.29, 1.82) is 0 Å². The van der Waals surface area contributed by atoms with E-state index in [1.54, 1.807) is 5.01 Å². The minimum absolute atomic E-state index is 0.0428. The maximum Gasteiger partial charge on any atom is 0.257 e. The zero-order chi connectivity index (χ0) is 15.6. The number of fused-ring (bicyclic) bond motifs is 1. The first kappa shape index (κ1) is 13.6. The van der Waals surface area contributed by atoms with E-state index in [1.165, 1.54) is 0 Å². The summed E-state index contributed by atoms with van der Waals surface area (Å²) in [6.45, 7) is 0. The molecule has 1 aliphatic heterocycles. The van der Waals surface area contributed by atoms with E-state index in [0.29, 0.717) is 0 Å². The van der Waals surface area contributed by atoms with E-state index in [1.807, 2.05) is 84.9 Å². The van der Waals surface area contributed by atoms with Crippen LogP contribution in [0.15, 0.2) is 84.9 Å². The molecule has 0 fully saturated rings. The molecule has 3 nitrogen and oxygen atoms in total. The molecule has 4 rings (SSSR count). The van der Waals surface area contributed by atoms with Crippen LogP contribution in [-0.2, 0) is 4.79 Å². The van der Waals surface area contributed by atoms with E-state index in [4.69, 9.17) is 0 Å². The minimum Gasteiger partial charge on any atom is -0.291 e. The highest BCUT2D eigenvalue weighted by Gasteiger charge is 2.38. The predicted molar refractivity (Wildman–Crippen MR) is 92.3 cm³/mol. The van der Waals surface area contributed by atoms with Crippen molar-refractivity contribution in [2.24, 2.45) is 0 Å². The van der Waals surface area contributed by atoms with Crippen LogP contribution in [0.25, 0.3) is 0 Å². The number of para-hydroxylation sites is 2. The Morgan fingerprint density at radius 2 is 1.35 bits per heavy atom. The van der Waals surface area contributed by atoms with Crippen molar-refractivity contribution >= 4 is 17.3 Å². The Kier molecular flexibility index (Phi) is 3.31. The zero-order valence-corrected chi connectivity index (χ0v) is 12.5. The molecule has 3 aromatic carbocycles. The van der Waals surface area contributed by atoms with Crippen molar-refractivity contribution in [1.82, 2.24) is 0 Å². The molecule has 0 unspecified atom stereocenters. The molecule has 112 valence electrons. The Hall–Kier alpha value is -3.07. The number of carbonyl (C=O) groups is 1. The summed E-state index contributed by atoms with van der Waals surface area (Å²) in [6.07, 6.45) is 0. The molecule has 0 spiro atoms. The molecule has 1 heterocycles. The first-order valence-corrected chi connectivity index (χ1v) is 7.64. The van der Waals surface area contributed by atoms with Crippen LogP contribution in [0, 0.1) is 0 Å². The number of hydrazine groups is 1. The van der Waals surface area contributed by atoms with Gasteiger partial charge in [0.05, 0.1) is 17.3 Å². The first-order chi connectivity index (χ1) is 11.3. The summed E-state index contributed by atoms with van der Waals surface area (Å²) in [5, 5.41) is 1.66. The van der Waals surface area contributed by atoms with E-state index in [-0.39, 0.29) is 11.8 Å². The highest BCUT2D eigenvalue weighted by molar-refractivity contribution is 6.08. The molecule has 0 saturated heterocycles. The van der Waals surface area contributed by atoms with Crippen molar-refractivity contribution in [3.05, 3.63) is 96.1 Å². The van der Waals surface area contributed by atoms with Gasteiger partial charge in [0.25, 0.3) is 5.91 Å². The van der Waals surface area contributed by atoms with E-state index in [0.717, 1.165) is 22.5 Å². The largest absolute Gasteiger partial charge is 0.291 e. The first-order valence-electron chi connectivity index (χ1n) is 7.64. The van der Waals surface area contributed by atoms with Crippen LogP contribution < -0.4 is 10.4 Å². The molecule has 0 saturated carbocycles. The second kappa shape index (κ2) is 5.61. The predicted octanol–water partition coefficient (Wildman–Crippen LogP) is 4.19. The van der Waals surface area contributed by atoms with Crippen molar-refractivity contribution < 1.29 is 4.79 Å². The molecule has 3 heteroatoms. The van der Waals surface area contributed by atoms with Gasteiger partial charge in [-0.15, -0.1) is 0 Å². The number of benzene rings is 3. The highest BCUT2D eigenvalue weighted by atomic mass is 16.2. The van der Waals surface area contributed by atoms with Crippen molar-refractivity contribution in [3.8, 4) is 0 Å². The fraction of sp³-hybridized carbons (Fsp3) is 0.0500. The molecule has 1 amide bonds. The lowest BCUT2D eigenvalue weighted by Crippen LogP contribution is -2.34. The van der Waals surface area contributed by atoms with Crippen LogP contribution in [-0.4, -0.2) is 5.91 Å². The van der Waals surface area contributed by atoms with Crippen molar-refractivity contribution in [2.75, 3.05) is 10.4 Å². The molecular formula is C20H16N2O. The zero-order valence-electron chi connectivity index (χ0n) is 12.5. The van der Waals surface area contributed by atoms with E-state index < -0.39 is 0 Å².